The largest absolute Gasteiger partial charge is 0.495 e. The highest BCUT2D eigenvalue weighted by Gasteiger charge is 2.06. The smallest absolute Gasteiger partial charge is 0.224 e. The third-order valence-electron chi connectivity index (χ3n) is 2.17. The van der Waals surface area contributed by atoms with Crippen molar-refractivity contribution in [2.75, 3.05) is 18.3 Å². The van der Waals surface area contributed by atoms with Gasteiger partial charge in [-0.3, -0.25) is 4.79 Å². The van der Waals surface area contributed by atoms with E-state index in [9.17, 15) is 4.79 Å². The van der Waals surface area contributed by atoms with Crippen LogP contribution in [0.1, 0.15) is 18.4 Å². The minimum Gasteiger partial charge on any atom is -0.495 e. The molecule has 0 spiro atoms. The van der Waals surface area contributed by atoms with Gasteiger partial charge in [0.2, 0.25) is 5.91 Å². The van der Waals surface area contributed by atoms with Crippen LogP contribution in [-0.4, -0.2) is 18.9 Å². The zero-order valence-electron chi connectivity index (χ0n) is 9.55. The molecule has 88 valence electrons. The van der Waals surface area contributed by atoms with Crippen LogP contribution in [0, 0.1) is 6.92 Å². The highest BCUT2D eigenvalue weighted by atomic mass is 35.5. The Hall–Kier alpha value is -1.22. The summed E-state index contributed by atoms with van der Waals surface area (Å²) >= 11 is 5.52. The monoisotopic (exact) mass is 241 g/mol. The summed E-state index contributed by atoms with van der Waals surface area (Å²) in [6, 6.07) is 5.66. The molecule has 16 heavy (non-hydrogen) atoms. The molecule has 0 bridgehead atoms. The lowest BCUT2D eigenvalue weighted by molar-refractivity contribution is -0.116. The zero-order chi connectivity index (χ0) is 12.0. The van der Waals surface area contributed by atoms with Crippen molar-refractivity contribution in [3.8, 4) is 5.75 Å². The van der Waals surface area contributed by atoms with E-state index in [2.05, 4.69) is 5.32 Å². The number of carbonyl (C=O) groups is 1. The summed E-state index contributed by atoms with van der Waals surface area (Å²) in [6.45, 7) is 1.97. The van der Waals surface area contributed by atoms with Crippen LogP contribution in [0.3, 0.4) is 0 Å². The number of rotatable bonds is 5. The lowest BCUT2D eigenvalue weighted by Gasteiger charge is -2.10. The van der Waals surface area contributed by atoms with Gasteiger partial charge in [-0.25, -0.2) is 0 Å². The standard InChI is InChI=1S/C12H16ClNO2/c1-9-5-6-10(11(8-9)16-2)14-12(15)4-3-7-13/h5-6,8H,3-4,7H2,1-2H3,(H,14,15). The number of methoxy groups -OCH3 is 1. The van der Waals surface area contributed by atoms with Gasteiger partial charge >= 0.3 is 0 Å². The number of hydrogen-bond acceptors (Lipinski definition) is 2. The molecule has 0 saturated heterocycles. The number of amides is 1. The second-order valence-electron chi connectivity index (χ2n) is 3.54. The molecule has 0 aliphatic rings. The molecule has 1 aromatic rings. The van der Waals surface area contributed by atoms with Crippen LogP contribution >= 0.6 is 11.6 Å². The van der Waals surface area contributed by atoms with E-state index in [1.807, 2.05) is 25.1 Å². The highest BCUT2D eigenvalue weighted by molar-refractivity contribution is 6.18. The van der Waals surface area contributed by atoms with Crippen molar-refractivity contribution in [1.82, 2.24) is 0 Å². The van der Waals surface area contributed by atoms with Crippen molar-refractivity contribution < 1.29 is 9.53 Å². The normalized spacial score (nSPS) is 9.94. The van der Waals surface area contributed by atoms with Crippen LogP contribution in [0.5, 0.6) is 5.75 Å². The molecule has 0 aliphatic carbocycles. The molecule has 0 aliphatic heterocycles. The molecule has 0 heterocycles. The molecule has 0 fully saturated rings. The third kappa shape index (κ3) is 3.74. The second kappa shape index (κ2) is 6.38. The summed E-state index contributed by atoms with van der Waals surface area (Å²) in [5, 5.41) is 2.80. The Balaban J connectivity index is 2.69. The first kappa shape index (κ1) is 12.8. The van der Waals surface area contributed by atoms with Crippen LogP contribution in [0.2, 0.25) is 0 Å². The Bertz CT molecular complexity index is 366. The van der Waals surface area contributed by atoms with Gasteiger partial charge in [0, 0.05) is 12.3 Å². The summed E-state index contributed by atoms with van der Waals surface area (Å²) in [6.07, 6.45) is 1.11. The molecule has 1 rings (SSSR count). The van der Waals surface area contributed by atoms with Gasteiger partial charge in [0.25, 0.3) is 0 Å². The van der Waals surface area contributed by atoms with Crippen molar-refractivity contribution >= 4 is 23.2 Å². The number of ether oxygens (including phenoxy) is 1. The molecule has 0 atom stereocenters. The van der Waals surface area contributed by atoms with E-state index in [0.717, 1.165) is 5.56 Å². The number of alkyl halides is 1. The molecule has 0 radical (unpaired) electrons. The quantitative estimate of drug-likeness (QED) is 0.805. The van der Waals surface area contributed by atoms with Gasteiger partial charge in [-0.1, -0.05) is 6.07 Å². The maximum absolute atomic E-state index is 11.5. The first-order valence-electron chi connectivity index (χ1n) is 5.18. The number of halogens is 1. The van der Waals surface area contributed by atoms with Gasteiger partial charge in [-0.15, -0.1) is 11.6 Å². The van der Waals surface area contributed by atoms with Crippen molar-refractivity contribution in [3.05, 3.63) is 23.8 Å². The minimum atomic E-state index is -0.0391. The minimum absolute atomic E-state index is 0.0391. The Kier molecular flexibility index (Phi) is 5.12. The number of carbonyl (C=O) groups excluding carboxylic acids is 1. The molecule has 0 unspecified atom stereocenters. The number of benzene rings is 1. The van der Waals surface area contributed by atoms with Crippen LogP contribution in [-0.2, 0) is 4.79 Å². The number of nitrogens with one attached hydrogen (secondary N) is 1. The lowest BCUT2D eigenvalue weighted by Crippen LogP contribution is -2.12. The maximum atomic E-state index is 11.5. The lowest BCUT2D eigenvalue weighted by atomic mass is 10.2. The average molecular weight is 242 g/mol. The summed E-state index contributed by atoms with van der Waals surface area (Å²) in [5.74, 6) is 1.14. The molecule has 0 saturated carbocycles. The molecule has 1 amide bonds. The molecule has 3 nitrogen and oxygen atoms in total. The van der Waals surface area contributed by atoms with E-state index in [0.29, 0.717) is 30.2 Å². The van der Waals surface area contributed by atoms with Crippen molar-refractivity contribution in [2.45, 2.75) is 19.8 Å². The fourth-order valence-electron chi connectivity index (χ4n) is 1.34. The maximum Gasteiger partial charge on any atom is 0.224 e. The van der Waals surface area contributed by atoms with Gasteiger partial charge in [0.15, 0.2) is 0 Å². The van der Waals surface area contributed by atoms with Gasteiger partial charge in [-0.05, 0) is 31.0 Å². The molecule has 0 aromatic heterocycles. The van der Waals surface area contributed by atoms with E-state index in [1.54, 1.807) is 7.11 Å². The van der Waals surface area contributed by atoms with E-state index >= 15 is 0 Å². The SMILES string of the molecule is COc1cc(C)ccc1NC(=O)CCCCl. The van der Waals surface area contributed by atoms with Crippen LogP contribution in [0.4, 0.5) is 5.69 Å². The molecule has 1 aromatic carbocycles. The zero-order valence-corrected chi connectivity index (χ0v) is 10.3. The predicted molar refractivity (Wildman–Crippen MR) is 66.3 cm³/mol. The average Bonchev–Trinajstić information content (AvgIpc) is 2.28. The third-order valence-corrected chi connectivity index (χ3v) is 2.44. The Morgan fingerprint density at radius 3 is 2.88 bits per heavy atom. The summed E-state index contributed by atoms with van der Waals surface area (Å²) in [7, 11) is 1.59. The van der Waals surface area contributed by atoms with E-state index < -0.39 is 0 Å². The summed E-state index contributed by atoms with van der Waals surface area (Å²) in [5.41, 5.74) is 1.79. The molecule has 1 N–H and O–H groups in total. The Labute approximate surface area is 101 Å². The first-order chi connectivity index (χ1) is 7.67. The topological polar surface area (TPSA) is 38.3 Å². The first-order valence-corrected chi connectivity index (χ1v) is 5.71. The highest BCUT2D eigenvalue weighted by Crippen LogP contribution is 2.25. The summed E-state index contributed by atoms with van der Waals surface area (Å²) < 4.78 is 5.19. The van der Waals surface area contributed by atoms with Gasteiger partial charge < -0.3 is 10.1 Å². The van der Waals surface area contributed by atoms with Crippen LogP contribution in [0.15, 0.2) is 18.2 Å². The fraction of sp³-hybridized carbons (Fsp3) is 0.417. The van der Waals surface area contributed by atoms with Crippen molar-refractivity contribution in [3.63, 3.8) is 0 Å². The predicted octanol–water partition coefficient (Wildman–Crippen LogP) is 2.96. The van der Waals surface area contributed by atoms with E-state index in [-0.39, 0.29) is 5.91 Å². The summed E-state index contributed by atoms with van der Waals surface area (Å²) in [4.78, 5) is 11.5. The van der Waals surface area contributed by atoms with Gasteiger partial charge in [0.05, 0.1) is 12.8 Å². The number of aryl methyl sites for hydroxylation is 1. The Morgan fingerprint density at radius 2 is 2.25 bits per heavy atom. The van der Waals surface area contributed by atoms with Crippen molar-refractivity contribution in [1.29, 1.82) is 0 Å². The van der Waals surface area contributed by atoms with Gasteiger partial charge in [-0.2, -0.15) is 0 Å². The van der Waals surface area contributed by atoms with Crippen LogP contribution < -0.4 is 10.1 Å². The molecular weight excluding hydrogens is 226 g/mol. The fourth-order valence-corrected chi connectivity index (χ4v) is 1.48. The Morgan fingerprint density at radius 1 is 1.50 bits per heavy atom. The molecule has 4 heteroatoms. The van der Waals surface area contributed by atoms with E-state index in [4.69, 9.17) is 16.3 Å². The number of anilines is 1. The van der Waals surface area contributed by atoms with Gasteiger partial charge in [0.1, 0.15) is 5.75 Å². The second-order valence-corrected chi connectivity index (χ2v) is 3.92. The molecular formula is C12H16ClNO2. The number of hydrogen-bond donors (Lipinski definition) is 1. The van der Waals surface area contributed by atoms with E-state index in [1.165, 1.54) is 0 Å². The van der Waals surface area contributed by atoms with Crippen molar-refractivity contribution in [2.24, 2.45) is 0 Å². The van der Waals surface area contributed by atoms with Crippen LogP contribution in [0.25, 0.3) is 0 Å².